The van der Waals surface area contributed by atoms with Crippen molar-refractivity contribution < 1.29 is 5.11 Å². The third-order valence-electron chi connectivity index (χ3n) is 5.80. The van der Waals surface area contributed by atoms with E-state index in [1.807, 2.05) is 70.7 Å². The van der Waals surface area contributed by atoms with Crippen LogP contribution in [0.1, 0.15) is 29.6 Å². The summed E-state index contributed by atoms with van der Waals surface area (Å²) in [5.41, 5.74) is 3.50. The molecule has 4 aromatic heterocycles. The highest BCUT2D eigenvalue weighted by Gasteiger charge is 2.19. The second kappa shape index (κ2) is 8.51. The maximum atomic E-state index is 12.8. The van der Waals surface area contributed by atoms with Crippen LogP contribution in [-0.4, -0.2) is 40.2 Å². The number of rotatable bonds is 7. The van der Waals surface area contributed by atoms with Crippen LogP contribution in [0.5, 0.6) is 0 Å². The van der Waals surface area contributed by atoms with Gasteiger partial charge in [-0.25, -0.2) is 14.8 Å². The van der Waals surface area contributed by atoms with Gasteiger partial charge >= 0.3 is 5.69 Å². The van der Waals surface area contributed by atoms with Gasteiger partial charge < -0.3 is 14.1 Å². The molecule has 9 nitrogen and oxygen atoms in total. The molecule has 0 amide bonds. The minimum absolute atomic E-state index is 0.0958. The third-order valence-corrected chi connectivity index (χ3v) is 5.80. The Hall–Kier alpha value is -3.98. The number of hydrogen-bond acceptors (Lipinski definition) is 5. The summed E-state index contributed by atoms with van der Waals surface area (Å²) in [5, 5.41) is 9.16. The van der Waals surface area contributed by atoms with E-state index < -0.39 is 11.2 Å². The summed E-state index contributed by atoms with van der Waals surface area (Å²) in [6, 6.07) is 13.7. The third kappa shape index (κ3) is 3.87. The predicted octanol–water partition coefficient (Wildman–Crippen LogP) is 1.73. The van der Waals surface area contributed by atoms with Gasteiger partial charge in [-0.15, -0.1) is 0 Å². The van der Waals surface area contributed by atoms with Gasteiger partial charge in [-0.2, -0.15) is 0 Å². The summed E-state index contributed by atoms with van der Waals surface area (Å²) < 4.78 is 5.28. The molecule has 33 heavy (non-hydrogen) atoms. The molecule has 0 saturated carbocycles. The topological polar surface area (TPSA) is 110 Å². The Labute approximate surface area is 188 Å². The SMILES string of the molecule is CCn1c(=O)[nH]c(=O)c2c1nc(Cc1cn3ccccc3n1)n2Cc1ccc(CCO)cc1. The van der Waals surface area contributed by atoms with Crippen molar-refractivity contribution >= 4 is 16.8 Å². The van der Waals surface area contributed by atoms with Crippen molar-refractivity contribution in [1.29, 1.82) is 0 Å². The number of aryl methyl sites for hydroxylation is 1. The van der Waals surface area contributed by atoms with Gasteiger partial charge in [-0.05, 0) is 36.6 Å². The van der Waals surface area contributed by atoms with E-state index in [9.17, 15) is 9.59 Å². The van der Waals surface area contributed by atoms with Crippen LogP contribution in [0.15, 0.2) is 64.4 Å². The Kier molecular flexibility index (Phi) is 5.39. The summed E-state index contributed by atoms with van der Waals surface area (Å²) in [5.74, 6) is 0.658. The molecule has 0 radical (unpaired) electrons. The van der Waals surface area contributed by atoms with Crippen LogP contribution < -0.4 is 11.2 Å². The first kappa shape index (κ1) is 20.9. The number of fused-ring (bicyclic) bond motifs is 2. The van der Waals surface area contributed by atoms with Gasteiger partial charge in [0.25, 0.3) is 5.56 Å². The second-order valence-electron chi connectivity index (χ2n) is 7.96. The molecule has 5 aromatic rings. The quantitative estimate of drug-likeness (QED) is 0.397. The van der Waals surface area contributed by atoms with E-state index in [-0.39, 0.29) is 6.61 Å². The van der Waals surface area contributed by atoms with E-state index >= 15 is 0 Å². The highest BCUT2D eigenvalue weighted by molar-refractivity contribution is 5.71. The zero-order valence-electron chi connectivity index (χ0n) is 18.2. The molecule has 9 heteroatoms. The molecule has 168 valence electrons. The second-order valence-corrected chi connectivity index (χ2v) is 7.96. The molecule has 4 heterocycles. The van der Waals surface area contributed by atoms with Crippen molar-refractivity contribution in [3.63, 3.8) is 0 Å². The van der Waals surface area contributed by atoms with Gasteiger partial charge in [0.15, 0.2) is 11.2 Å². The molecule has 5 rings (SSSR count). The van der Waals surface area contributed by atoms with Crippen LogP contribution in [0.2, 0.25) is 0 Å². The van der Waals surface area contributed by atoms with Gasteiger partial charge in [0.05, 0.1) is 5.69 Å². The molecule has 0 unspecified atom stereocenters. The van der Waals surface area contributed by atoms with Crippen LogP contribution >= 0.6 is 0 Å². The van der Waals surface area contributed by atoms with Crippen molar-refractivity contribution in [3.8, 4) is 0 Å². The van der Waals surface area contributed by atoms with E-state index in [0.29, 0.717) is 42.9 Å². The average molecular weight is 444 g/mol. The van der Waals surface area contributed by atoms with Crippen LogP contribution in [0.3, 0.4) is 0 Å². The van der Waals surface area contributed by atoms with Crippen molar-refractivity contribution in [2.75, 3.05) is 6.61 Å². The lowest BCUT2D eigenvalue weighted by Gasteiger charge is -2.09. The standard InChI is InChI=1S/C24H24N6O3/c1-2-29-22-21(23(32)27-24(29)33)30(14-17-8-6-16(7-9-17)10-12-31)20(26-22)13-18-15-28-11-4-3-5-19(28)25-18/h3-9,11,15,31H,2,10,12-14H2,1H3,(H,27,32,33). The van der Waals surface area contributed by atoms with E-state index in [4.69, 9.17) is 10.1 Å². The monoisotopic (exact) mass is 444 g/mol. The first-order valence-electron chi connectivity index (χ1n) is 10.9. The van der Waals surface area contributed by atoms with E-state index in [0.717, 1.165) is 22.5 Å². The van der Waals surface area contributed by atoms with Gasteiger partial charge in [0.1, 0.15) is 11.5 Å². The molecule has 2 N–H and O–H groups in total. The summed E-state index contributed by atoms with van der Waals surface area (Å²) >= 11 is 0. The number of imidazole rings is 2. The number of aliphatic hydroxyl groups is 1. The van der Waals surface area contributed by atoms with Gasteiger partial charge in [-0.3, -0.25) is 14.3 Å². The first-order chi connectivity index (χ1) is 16.1. The minimum atomic E-state index is -0.465. The summed E-state index contributed by atoms with van der Waals surface area (Å²) in [7, 11) is 0. The maximum Gasteiger partial charge on any atom is 0.330 e. The molecule has 0 atom stereocenters. The van der Waals surface area contributed by atoms with Crippen LogP contribution in [-0.2, 0) is 25.9 Å². The Bertz CT molecular complexity index is 1520. The number of pyridine rings is 1. The molecule has 0 aliphatic rings. The molecule has 0 aliphatic heterocycles. The van der Waals surface area contributed by atoms with Crippen LogP contribution in [0.25, 0.3) is 16.8 Å². The summed E-state index contributed by atoms with van der Waals surface area (Å²) in [6.07, 6.45) is 4.88. The molecular formula is C24H24N6O3. The lowest BCUT2D eigenvalue weighted by atomic mass is 10.1. The average Bonchev–Trinajstić information content (AvgIpc) is 3.37. The number of hydrogen-bond donors (Lipinski definition) is 2. The fourth-order valence-corrected chi connectivity index (χ4v) is 4.17. The fraction of sp³-hybridized carbons (Fsp3) is 0.250. The molecule has 1 aromatic carbocycles. The summed E-state index contributed by atoms with van der Waals surface area (Å²) in [4.78, 5) is 37.0. The molecule has 0 aliphatic carbocycles. The van der Waals surface area contributed by atoms with E-state index in [1.54, 1.807) is 0 Å². The number of aliphatic hydroxyl groups excluding tert-OH is 1. The van der Waals surface area contributed by atoms with Crippen molar-refractivity contribution in [1.82, 2.24) is 28.5 Å². The van der Waals surface area contributed by atoms with Crippen molar-refractivity contribution in [3.05, 3.63) is 98.3 Å². The lowest BCUT2D eigenvalue weighted by molar-refractivity contribution is 0.299. The highest BCUT2D eigenvalue weighted by atomic mass is 16.3. The molecular weight excluding hydrogens is 420 g/mol. The zero-order chi connectivity index (χ0) is 22.9. The zero-order valence-corrected chi connectivity index (χ0v) is 18.2. The first-order valence-corrected chi connectivity index (χ1v) is 10.9. The predicted molar refractivity (Wildman–Crippen MR) is 125 cm³/mol. The van der Waals surface area contributed by atoms with Crippen molar-refractivity contribution in [2.45, 2.75) is 32.9 Å². The smallest absolute Gasteiger partial charge is 0.330 e. The number of aromatic amines is 1. The Morgan fingerprint density at radius 2 is 1.79 bits per heavy atom. The molecule has 0 bridgehead atoms. The largest absolute Gasteiger partial charge is 0.396 e. The number of nitrogens with zero attached hydrogens (tertiary/aromatic N) is 5. The number of nitrogens with one attached hydrogen (secondary N) is 1. The number of benzene rings is 1. The maximum absolute atomic E-state index is 12.8. The Balaban J connectivity index is 1.64. The number of H-pyrrole nitrogens is 1. The Morgan fingerprint density at radius 1 is 1.00 bits per heavy atom. The fourth-order valence-electron chi connectivity index (χ4n) is 4.17. The molecule has 0 fully saturated rings. The Morgan fingerprint density at radius 3 is 2.52 bits per heavy atom. The van der Waals surface area contributed by atoms with E-state index in [1.165, 1.54) is 4.57 Å². The van der Waals surface area contributed by atoms with Crippen LogP contribution in [0, 0.1) is 0 Å². The number of aromatic nitrogens is 6. The van der Waals surface area contributed by atoms with Crippen LogP contribution in [0.4, 0.5) is 0 Å². The molecule has 0 spiro atoms. The van der Waals surface area contributed by atoms with Crippen molar-refractivity contribution in [2.24, 2.45) is 0 Å². The summed E-state index contributed by atoms with van der Waals surface area (Å²) in [6.45, 7) is 2.76. The van der Waals surface area contributed by atoms with Gasteiger partial charge in [-0.1, -0.05) is 30.3 Å². The van der Waals surface area contributed by atoms with Gasteiger partial charge in [0, 0.05) is 38.5 Å². The van der Waals surface area contributed by atoms with E-state index in [2.05, 4.69) is 9.97 Å². The lowest BCUT2D eigenvalue weighted by Crippen LogP contribution is -2.30. The normalized spacial score (nSPS) is 11.6. The van der Waals surface area contributed by atoms with Gasteiger partial charge in [0.2, 0.25) is 0 Å². The highest BCUT2D eigenvalue weighted by Crippen LogP contribution is 2.18. The minimum Gasteiger partial charge on any atom is -0.396 e. The molecule has 0 saturated heterocycles.